The Balaban J connectivity index is 1.88. The van der Waals surface area contributed by atoms with Crippen LogP contribution in [-0.2, 0) is 6.42 Å². The van der Waals surface area contributed by atoms with E-state index in [-0.39, 0.29) is 0 Å². The number of aromatic nitrogens is 1. The number of rotatable bonds is 6. The summed E-state index contributed by atoms with van der Waals surface area (Å²) in [4.78, 5) is 14.9. The van der Waals surface area contributed by atoms with Crippen LogP contribution in [0.1, 0.15) is 27.9 Å². The van der Waals surface area contributed by atoms with Gasteiger partial charge in [-0.1, -0.05) is 6.07 Å². The number of carbonyl (C=O) groups is 1. The molecule has 0 aliphatic heterocycles. The second-order valence-electron chi connectivity index (χ2n) is 4.59. The molecule has 2 rings (SSSR count). The maximum Gasteiger partial charge on any atom is 0.335 e. The van der Waals surface area contributed by atoms with E-state index in [1.807, 2.05) is 25.1 Å². The normalized spacial score (nSPS) is 10.2. The Morgan fingerprint density at radius 2 is 2.20 bits per heavy atom. The van der Waals surface area contributed by atoms with Crippen LogP contribution in [0.25, 0.3) is 0 Å². The molecule has 0 spiro atoms. The van der Waals surface area contributed by atoms with Crippen LogP contribution in [0.4, 0.5) is 0 Å². The monoisotopic (exact) mass is 271 g/mol. The zero-order valence-electron chi connectivity index (χ0n) is 11.4. The van der Waals surface area contributed by atoms with Crippen molar-refractivity contribution in [2.45, 2.75) is 19.8 Å². The summed E-state index contributed by atoms with van der Waals surface area (Å²) in [5.41, 5.74) is 2.50. The molecule has 0 radical (unpaired) electrons. The first-order valence-corrected chi connectivity index (χ1v) is 6.52. The van der Waals surface area contributed by atoms with Gasteiger partial charge in [-0.05, 0) is 55.2 Å². The highest BCUT2D eigenvalue weighted by molar-refractivity contribution is 5.87. The van der Waals surface area contributed by atoms with Gasteiger partial charge in [-0.2, -0.15) is 0 Å². The zero-order valence-corrected chi connectivity index (χ0v) is 11.4. The number of ether oxygens (including phenoxy) is 1. The smallest absolute Gasteiger partial charge is 0.335 e. The van der Waals surface area contributed by atoms with Crippen LogP contribution in [0.3, 0.4) is 0 Å². The van der Waals surface area contributed by atoms with Crippen molar-refractivity contribution in [2.24, 2.45) is 0 Å². The standard InChI is InChI=1S/C16H17NO3/c1-12-6-7-14(16(18)19)10-13(12)4-3-9-20-15-5-2-8-17-11-15/h2,5-8,10-11H,3-4,9H2,1H3,(H,18,19). The third kappa shape index (κ3) is 3.82. The molecular weight excluding hydrogens is 254 g/mol. The van der Waals surface area contributed by atoms with Gasteiger partial charge in [0.25, 0.3) is 0 Å². The first-order valence-electron chi connectivity index (χ1n) is 6.52. The van der Waals surface area contributed by atoms with Crippen LogP contribution >= 0.6 is 0 Å². The van der Waals surface area contributed by atoms with Crippen LogP contribution in [0.15, 0.2) is 42.7 Å². The van der Waals surface area contributed by atoms with Crippen molar-refractivity contribution in [3.63, 3.8) is 0 Å². The molecule has 20 heavy (non-hydrogen) atoms. The van der Waals surface area contributed by atoms with Gasteiger partial charge in [-0.3, -0.25) is 4.98 Å². The summed E-state index contributed by atoms with van der Waals surface area (Å²) >= 11 is 0. The molecule has 0 saturated carbocycles. The molecule has 0 bridgehead atoms. The van der Waals surface area contributed by atoms with E-state index in [0.29, 0.717) is 12.2 Å². The van der Waals surface area contributed by atoms with Crippen molar-refractivity contribution in [2.75, 3.05) is 6.61 Å². The second-order valence-corrected chi connectivity index (χ2v) is 4.59. The van der Waals surface area contributed by atoms with E-state index >= 15 is 0 Å². The molecule has 2 aromatic rings. The highest BCUT2D eigenvalue weighted by Crippen LogP contribution is 2.14. The van der Waals surface area contributed by atoms with E-state index in [2.05, 4.69) is 4.98 Å². The fourth-order valence-electron chi connectivity index (χ4n) is 1.96. The van der Waals surface area contributed by atoms with Gasteiger partial charge < -0.3 is 9.84 Å². The SMILES string of the molecule is Cc1ccc(C(=O)O)cc1CCCOc1cccnc1. The molecule has 1 N–H and O–H groups in total. The highest BCUT2D eigenvalue weighted by atomic mass is 16.5. The molecule has 0 amide bonds. The number of aromatic carboxylic acids is 1. The van der Waals surface area contributed by atoms with Gasteiger partial charge in [-0.15, -0.1) is 0 Å². The number of pyridine rings is 1. The summed E-state index contributed by atoms with van der Waals surface area (Å²) in [5.74, 6) is -0.138. The maximum absolute atomic E-state index is 10.9. The fraction of sp³-hybridized carbons (Fsp3) is 0.250. The number of carboxylic acid groups (broad SMARTS) is 1. The van der Waals surface area contributed by atoms with Gasteiger partial charge in [0.1, 0.15) is 5.75 Å². The van der Waals surface area contributed by atoms with Crippen molar-refractivity contribution in [3.05, 3.63) is 59.4 Å². The van der Waals surface area contributed by atoms with E-state index in [1.165, 1.54) is 0 Å². The molecule has 1 heterocycles. The lowest BCUT2D eigenvalue weighted by Crippen LogP contribution is -2.03. The zero-order chi connectivity index (χ0) is 14.4. The minimum atomic E-state index is -0.891. The first kappa shape index (κ1) is 14.1. The molecule has 104 valence electrons. The summed E-state index contributed by atoms with van der Waals surface area (Å²) in [5, 5.41) is 8.99. The van der Waals surface area contributed by atoms with Crippen molar-refractivity contribution in [1.29, 1.82) is 0 Å². The van der Waals surface area contributed by atoms with Gasteiger partial charge in [0.15, 0.2) is 0 Å². The Morgan fingerprint density at radius 3 is 2.90 bits per heavy atom. The van der Waals surface area contributed by atoms with E-state index in [9.17, 15) is 4.79 Å². The minimum Gasteiger partial charge on any atom is -0.492 e. The predicted octanol–water partition coefficient (Wildman–Crippen LogP) is 3.10. The molecule has 0 aliphatic rings. The van der Waals surface area contributed by atoms with Crippen molar-refractivity contribution in [3.8, 4) is 5.75 Å². The molecule has 0 unspecified atom stereocenters. The third-order valence-electron chi connectivity index (χ3n) is 3.09. The molecule has 1 aromatic carbocycles. The van der Waals surface area contributed by atoms with E-state index in [4.69, 9.17) is 9.84 Å². The topological polar surface area (TPSA) is 59.4 Å². The summed E-state index contributed by atoms with van der Waals surface area (Å²) in [6, 6.07) is 8.91. The summed E-state index contributed by atoms with van der Waals surface area (Å²) in [6.45, 7) is 2.57. The van der Waals surface area contributed by atoms with Crippen LogP contribution in [0.5, 0.6) is 5.75 Å². The average molecular weight is 271 g/mol. The summed E-state index contributed by atoms with van der Waals surface area (Å²) < 4.78 is 5.57. The maximum atomic E-state index is 10.9. The van der Waals surface area contributed by atoms with Crippen LogP contribution < -0.4 is 4.74 Å². The molecule has 4 nitrogen and oxygen atoms in total. The lowest BCUT2D eigenvalue weighted by atomic mass is 10.0. The largest absolute Gasteiger partial charge is 0.492 e. The highest BCUT2D eigenvalue weighted by Gasteiger charge is 2.06. The molecule has 0 aliphatic carbocycles. The van der Waals surface area contributed by atoms with Crippen LogP contribution in [0, 0.1) is 6.92 Å². The van der Waals surface area contributed by atoms with Crippen LogP contribution in [-0.4, -0.2) is 22.7 Å². The van der Waals surface area contributed by atoms with Crippen molar-refractivity contribution < 1.29 is 14.6 Å². The van der Waals surface area contributed by atoms with Gasteiger partial charge in [0.2, 0.25) is 0 Å². The fourth-order valence-corrected chi connectivity index (χ4v) is 1.96. The number of hydrogen-bond donors (Lipinski definition) is 1. The quantitative estimate of drug-likeness (QED) is 0.820. The Hall–Kier alpha value is -2.36. The Kier molecular flexibility index (Phi) is 4.71. The molecule has 4 heteroatoms. The van der Waals surface area contributed by atoms with Gasteiger partial charge in [0, 0.05) is 6.20 Å². The minimum absolute atomic E-state index is 0.332. The lowest BCUT2D eigenvalue weighted by molar-refractivity contribution is 0.0697. The van der Waals surface area contributed by atoms with Crippen molar-refractivity contribution >= 4 is 5.97 Å². The second kappa shape index (κ2) is 6.70. The predicted molar refractivity (Wildman–Crippen MR) is 76.2 cm³/mol. The van der Waals surface area contributed by atoms with Gasteiger partial charge in [-0.25, -0.2) is 4.79 Å². The Morgan fingerprint density at radius 1 is 1.35 bits per heavy atom. The number of nitrogens with zero attached hydrogens (tertiary/aromatic N) is 1. The lowest BCUT2D eigenvalue weighted by Gasteiger charge is -2.08. The average Bonchev–Trinajstić information content (AvgIpc) is 2.46. The van der Waals surface area contributed by atoms with Gasteiger partial charge in [0.05, 0.1) is 18.4 Å². The molecule has 0 fully saturated rings. The van der Waals surface area contributed by atoms with Gasteiger partial charge >= 0.3 is 5.97 Å². The molecule has 0 saturated heterocycles. The molecule has 0 atom stereocenters. The Bertz CT molecular complexity index is 582. The van der Waals surface area contributed by atoms with Crippen molar-refractivity contribution in [1.82, 2.24) is 4.98 Å². The first-order chi connectivity index (χ1) is 9.66. The molecular formula is C16H17NO3. The number of aryl methyl sites for hydroxylation is 2. The van der Waals surface area contributed by atoms with E-state index < -0.39 is 5.97 Å². The number of hydrogen-bond acceptors (Lipinski definition) is 3. The Labute approximate surface area is 118 Å². The van der Waals surface area contributed by atoms with E-state index in [1.54, 1.807) is 24.5 Å². The summed E-state index contributed by atoms with van der Waals surface area (Å²) in [7, 11) is 0. The number of benzene rings is 1. The third-order valence-corrected chi connectivity index (χ3v) is 3.09. The summed E-state index contributed by atoms with van der Waals surface area (Å²) in [6.07, 6.45) is 5.01. The van der Waals surface area contributed by atoms with Crippen LogP contribution in [0.2, 0.25) is 0 Å². The number of carboxylic acids is 1. The molecule has 1 aromatic heterocycles. The van der Waals surface area contributed by atoms with E-state index in [0.717, 1.165) is 29.7 Å².